The van der Waals surface area contributed by atoms with Crippen molar-refractivity contribution >= 4 is 22.5 Å². The summed E-state index contributed by atoms with van der Waals surface area (Å²) in [5, 5.41) is 14.2. The van der Waals surface area contributed by atoms with Gasteiger partial charge in [-0.25, -0.2) is 9.97 Å². The highest BCUT2D eigenvalue weighted by molar-refractivity contribution is 5.88. The number of morpholine rings is 1. The van der Waals surface area contributed by atoms with Crippen molar-refractivity contribution in [2.75, 3.05) is 44.7 Å². The van der Waals surface area contributed by atoms with E-state index in [1.807, 2.05) is 6.07 Å². The van der Waals surface area contributed by atoms with Crippen molar-refractivity contribution in [2.24, 2.45) is 0 Å². The average molecular weight is 437 g/mol. The molecule has 4 heterocycles. The summed E-state index contributed by atoms with van der Waals surface area (Å²) < 4.78 is 7.87. The summed E-state index contributed by atoms with van der Waals surface area (Å²) in [5.41, 5.74) is 4.53. The molecule has 0 radical (unpaired) electrons. The first-order valence-electron chi connectivity index (χ1n) is 11.5. The lowest BCUT2D eigenvalue weighted by Crippen LogP contribution is -2.49. The molecule has 2 aliphatic heterocycles. The SMILES string of the molecule is CC(C)n1cc(CN2CCOCC2)c2cc(Nc3nccc(CN4CC(O)C4)n3)ccc21. The molecule has 2 saturated heterocycles. The number of nitrogens with zero attached hydrogens (tertiary/aromatic N) is 5. The van der Waals surface area contributed by atoms with Gasteiger partial charge in [-0.1, -0.05) is 0 Å². The molecule has 5 rings (SSSR count). The Balaban J connectivity index is 1.38. The second-order valence-electron chi connectivity index (χ2n) is 9.12. The van der Waals surface area contributed by atoms with Gasteiger partial charge in [-0.3, -0.25) is 9.80 Å². The molecule has 0 bridgehead atoms. The zero-order chi connectivity index (χ0) is 22.1. The minimum atomic E-state index is -0.203. The number of rotatable bonds is 7. The summed E-state index contributed by atoms with van der Waals surface area (Å²) in [7, 11) is 0. The number of likely N-dealkylation sites (tertiary alicyclic amines) is 1. The molecule has 2 aliphatic rings. The highest BCUT2D eigenvalue weighted by Crippen LogP contribution is 2.29. The van der Waals surface area contributed by atoms with E-state index in [4.69, 9.17) is 4.74 Å². The molecule has 0 atom stereocenters. The molecular weight excluding hydrogens is 404 g/mol. The van der Waals surface area contributed by atoms with Crippen LogP contribution in [0.1, 0.15) is 31.1 Å². The quantitative estimate of drug-likeness (QED) is 0.590. The zero-order valence-electron chi connectivity index (χ0n) is 18.9. The van der Waals surface area contributed by atoms with E-state index in [1.54, 1.807) is 6.20 Å². The van der Waals surface area contributed by atoms with Crippen LogP contribution < -0.4 is 5.32 Å². The Bertz CT molecular complexity index is 1070. The van der Waals surface area contributed by atoms with Crippen molar-refractivity contribution in [1.29, 1.82) is 0 Å². The minimum absolute atomic E-state index is 0.203. The topological polar surface area (TPSA) is 78.7 Å². The Labute approximate surface area is 188 Å². The van der Waals surface area contributed by atoms with E-state index >= 15 is 0 Å². The summed E-state index contributed by atoms with van der Waals surface area (Å²) in [5.74, 6) is 0.598. The van der Waals surface area contributed by atoms with Crippen LogP contribution in [-0.4, -0.2) is 74.9 Å². The normalized spacial score (nSPS) is 18.4. The van der Waals surface area contributed by atoms with Crippen LogP contribution in [0.3, 0.4) is 0 Å². The maximum Gasteiger partial charge on any atom is 0.227 e. The van der Waals surface area contributed by atoms with Crippen molar-refractivity contribution in [1.82, 2.24) is 24.3 Å². The van der Waals surface area contributed by atoms with Crippen molar-refractivity contribution in [3.8, 4) is 0 Å². The van der Waals surface area contributed by atoms with Crippen LogP contribution in [0.2, 0.25) is 0 Å². The van der Waals surface area contributed by atoms with Crippen molar-refractivity contribution in [3.63, 3.8) is 0 Å². The molecule has 0 saturated carbocycles. The number of fused-ring (bicyclic) bond motifs is 1. The van der Waals surface area contributed by atoms with Crippen molar-refractivity contribution < 1.29 is 9.84 Å². The average Bonchev–Trinajstić information content (AvgIpc) is 3.12. The molecular formula is C24H32N6O2. The number of aliphatic hydroxyl groups excluding tert-OH is 1. The third-order valence-electron chi connectivity index (χ3n) is 6.26. The monoisotopic (exact) mass is 436 g/mol. The van der Waals surface area contributed by atoms with Gasteiger partial charge in [0.05, 0.1) is 25.0 Å². The number of aromatic nitrogens is 3. The predicted octanol–water partition coefficient (Wildman–Crippen LogP) is 2.76. The van der Waals surface area contributed by atoms with Crippen LogP contribution >= 0.6 is 0 Å². The van der Waals surface area contributed by atoms with Crippen LogP contribution in [0, 0.1) is 0 Å². The largest absolute Gasteiger partial charge is 0.390 e. The molecule has 170 valence electrons. The Morgan fingerprint density at radius 1 is 1.12 bits per heavy atom. The Hall–Kier alpha value is -2.52. The third kappa shape index (κ3) is 4.63. The van der Waals surface area contributed by atoms with E-state index in [2.05, 4.69) is 67.9 Å². The van der Waals surface area contributed by atoms with Crippen molar-refractivity contribution in [2.45, 2.75) is 39.1 Å². The smallest absolute Gasteiger partial charge is 0.227 e. The van der Waals surface area contributed by atoms with Gasteiger partial charge in [0.1, 0.15) is 0 Å². The molecule has 0 spiro atoms. The Kier molecular flexibility index (Phi) is 6.10. The van der Waals surface area contributed by atoms with Gasteiger partial charge in [-0.05, 0) is 43.7 Å². The molecule has 8 heteroatoms. The molecule has 32 heavy (non-hydrogen) atoms. The second kappa shape index (κ2) is 9.15. The Morgan fingerprint density at radius 2 is 1.94 bits per heavy atom. The van der Waals surface area contributed by atoms with Gasteiger partial charge in [0.2, 0.25) is 5.95 Å². The predicted molar refractivity (Wildman–Crippen MR) is 125 cm³/mol. The molecule has 3 aromatic rings. The molecule has 2 fully saturated rings. The zero-order valence-corrected chi connectivity index (χ0v) is 18.9. The lowest BCUT2D eigenvalue weighted by molar-refractivity contribution is -0.00353. The summed E-state index contributed by atoms with van der Waals surface area (Å²) in [4.78, 5) is 13.7. The summed E-state index contributed by atoms with van der Waals surface area (Å²) in [6.07, 6.45) is 3.89. The molecule has 0 aliphatic carbocycles. The van der Waals surface area contributed by atoms with E-state index in [0.29, 0.717) is 25.1 Å². The number of aliphatic hydroxyl groups is 1. The van der Waals surface area contributed by atoms with E-state index in [1.165, 1.54) is 16.5 Å². The molecule has 2 N–H and O–H groups in total. The lowest BCUT2D eigenvalue weighted by Gasteiger charge is -2.35. The maximum absolute atomic E-state index is 9.50. The van der Waals surface area contributed by atoms with Crippen LogP contribution in [-0.2, 0) is 17.8 Å². The number of β-amino-alcohol motifs (C(OH)–C–C–N with tert-alkyl or cyclic N) is 1. The van der Waals surface area contributed by atoms with Crippen LogP contribution in [0.15, 0.2) is 36.7 Å². The van der Waals surface area contributed by atoms with Crippen LogP contribution in [0.25, 0.3) is 10.9 Å². The lowest BCUT2D eigenvalue weighted by atomic mass is 10.1. The van der Waals surface area contributed by atoms with Gasteiger partial charge < -0.3 is 19.7 Å². The van der Waals surface area contributed by atoms with E-state index in [-0.39, 0.29) is 6.10 Å². The van der Waals surface area contributed by atoms with Gasteiger partial charge in [0, 0.05) is 74.3 Å². The Morgan fingerprint density at radius 3 is 2.69 bits per heavy atom. The number of nitrogens with one attached hydrogen (secondary N) is 1. The molecule has 2 aromatic heterocycles. The van der Waals surface area contributed by atoms with Gasteiger partial charge in [-0.2, -0.15) is 0 Å². The van der Waals surface area contributed by atoms with E-state index < -0.39 is 0 Å². The summed E-state index contributed by atoms with van der Waals surface area (Å²) in [6.45, 7) is 11.1. The standard InChI is InChI=1S/C24H32N6O2/c1-17(2)30-13-18(12-28-7-9-32-10-8-28)22-11-19(3-4-23(22)30)26-24-25-6-5-20(27-24)14-29-15-21(31)16-29/h3-6,11,13,17,21,31H,7-10,12,14-16H2,1-2H3,(H,25,26,27). The first-order valence-corrected chi connectivity index (χ1v) is 11.5. The number of anilines is 2. The first kappa shape index (κ1) is 21.3. The van der Waals surface area contributed by atoms with Gasteiger partial charge in [0.25, 0.3) is 0 Å². The first-order chi connectivity index (χ1) is 15.5. The van der Waals surface area contributed by atoms with E-state index in [9.17, 15) is 5.11 Å². The number of hydrogen-bond donors (Lipinski definition) is 2. The number of ether oxygens (including phenoxy) is 1. The maximum atomic E-state index is 9.50. The van der Waals surface area contributed by atoms with E-state index in [0.717, 1.165) is 50.8 Å². The van der Waals surface area contributed by atoms with Crippen LogP contribution in [0.4, 0.5) is 11.6 Å². The van der Waals surface area contributed by atoms with Gasteiger partial charge in [-0.15, -0.1) is 0 Å². The summed E-state index contributed by atoms with van der Waals surface area (Å²) in [6, 6.07) is 8.83. The fourth-order valence-corrected chi connectivity index (χ4v) is 4.53. The number of hydrogen-bond acceptors (Lipinski definition) is 7. The summed E-state index contributed by atoms with van der Waals surface area (Å²) >= 11 is 0. The molecule has 0 unspecified atom stereocenters. The fourth-order valence-electron chi connectivity index (χ4n) is 4.53. The molecule has 8 nitrogen and oxygen atoms in total. The number of benzene rings is 1. The van der Waals surface area contributed by atoms with Crippen molar-refractivity contribution in [3.05, 3.63) is 47.9 Å². The third-order valence-corrected chi connectivity index (χ3v) is 6.26. The highest BCUT2D eigenvalue weighted by atomic mass is 16.5. The fraction of sp³-hybridized carbons (Fsp3) is 0.500. The second-order valence-corrected chi connectivity index (χ2v) is 9.12. The molecule has 1 aromatic carbocycles. The van der Waals surface area contributed by atoms with Gasteiger partial charge >= 0.3 is 0 Å². The minimum Gasteiger partial charge on any atom is -0.390 e. The molecule has 0 amide bonds. The van der Waals surface area contributed by atoms with Gasteiger partial charge in [0.15, 0.2) is 0 Å². The highest BCUT2D eigenvalue weighted by Gasteiger charge is 2.24. The van der Waals surface area contributed by atoms with Crippen LogP contribution in [0.5, 0.6) is 0 Å².